The molecule has 0 atom stereocenters. The van der Waals surface area contributed by atoms with E-state index in [0.29, 0.717) is 31.6 Å². The van der Waals surface area contributed by atoms with E-state index in [2.05, 4.69) is 4.72 Å². The molecule has 6 nitrogen and oxygen atoms in total. The van der Waals surface area contributed by atoms with Gasteiger partial charge in [0.05, 0.1) is 4.90 Å². The number of amides is 1. The average Bonchev–Trinajstić information content (AvgIpc) is 2.83. The molecule has 0 aromatic heterocycles. The van der Waals surface area contributed by atoms with Gasteiger partial charge < -0.3 is 9.64 Å². The zero-order valence-corrected chi connectivity index (χ0v) is 17.3. The third kappa shape index (κ3) is 5.04. The molecule has 0 bridgehead atoms. The lowest BCUT2D eigenvalue weighted by Gasteiger charge is -2.26. The zero-order chi connectivity index (χ0) is 20.4. The van der Waals surface area contributed by atoms with Crippen LogP contribution in [0.4, 0.5) is 10.5 Å². The van der Waals surface area contributed by atoms with Crippen molar-refractivity contribution >= 4 is 21.8 Å². The van der Waals surface area contributed by atoms with Crippen LogP contribution in [0.1, 0.15) is 31.9 Å². The van der Waals surface area contributed by atoms with Gasteiger partial charge in [-0.05, 0) is 69.0 Å². The van der Waals surface area contributed by atoms with E-state index in [1.54, 1.807) is 41.3 Å². The normalized spacial score (nSPS) is 14.8. The highest BCUT2D eigenvalue weighted by Crippen LogP contribution is 2.23. The van der Waals surface area contributed by atoms with Gasteiger partial charge in [0.1, 0.15) is 5.60 Å². The number of ether oxygens (including phenoxy) is 1. The lowest BCUT2D eigenvalue weighted by atomic mass is 10.0. The van der Waals surface area contributed by atoms with Gasteiger partial charge in [0.2, 0.25) is 0 Å². The summed E-state index contributed by atoms with van der Waals surface area (Å²) in [5, 5.41) is 0. The van der Waals surface area contributed by atoms with E-state index in [4.69, 9.17) is 4.74 Å². The average molecular weight is 403 g/mol. The Morgan fingerprint density at radius 3 is 2.29 bits per heavy atom. The zero-order valence-electron chi connectivity index (χ0n) is 16.4. The van der Waals surface area contributed by atoms with Gasteiger partial charge in [-0.15, -0.1) is 0 Å². The van der Waals surface area contributed by atoms with E-state index in [0.717, 1.165) is 11.1 Å². The number of nitrogens with zero attached hydrogens (tertiary/aromatic N) is 1. The van der Waals surface area contributed by atoms with Crippen LogP contribution in [0.15, 0.2) is 53.4 Å². The molecule has 28 heavy (non-hydrogen) atoms. The number of hydrogen-bond acceptors (Lipinski definition) is 4. The Kier molecular flexibility index (Phi) is 5.65. The van der Waals surface area contributed by atoms with E-state index in [-0.39, 0.29) is 11.0 Å². The maximum absolute atomic E-state index is 12.5. The van der Waals surface area contributed by atoms with Crippen LogP contribution in [0.2, 0.25) is 0 Å². The van der Waals surface area contributed by atoms with Crippen LogP contribution in [0.5, 0.6) is 0 Å². The van der Waals surface area contributed by atoms with Crippen molar-refractivity contribution < 1.29 is 17.9 Å². The van der Waals surface area contributed by atoms with Crippen molar-refractivity contribution in [2.24, 2.45) is 0 Å². The van der Waals surface area contributed by atoms with E-state index in [9.17, 15) is 13.2 Å². The second kappa shape index (κ2) is 7.83. The highest BCUT2D eigenvalue weighted by atomic mass is 32.2. The number of sulfonamides is 1. The smallest absolute Gasteiger partial charge is 0.410 e. The summed E-state index contributed by atoms with van der Waals surface area (Å²) in [6, 6.07) is 13.8. The monoisotopic (exact) mass is 402 g/mol. The van der Waals surface area contributed by atoms with Crippen LogP contribution in [0.3, 0.4) is 0 Å². The predicted octanol–water partition coefficient (Wildman–Crippen LogP) is 3.82. The van der Waals surface area contributed by atoms with Gasteiger partial charge in [-0.25, -0.2) is 13.2 Å². The molecule has 2 aromatic rings. The van der Waals surface area contributed by atoms with E-state index < -0.39 is 15.6 Å². The maximum Gasteiger partial charge on any atom is 0.410 e. The van der Waals surface area contributed by atoms with E-state index in [1.165, 1.54) is 0 Å². The van der Waals surface area contributed by atoms with Gasteiger partial charge >= 0.3 is 6.09 Å². The molecule has 0 spiro atoms. The number of anilines is 1. The van der Waals surface area contributed by atoms with Crippen molar-refractivity contribution in [3.63, 3.8) is 0 Å². The molecule has 2 aromatic carbocycles. The van der Waals surface area contributed by atoms with Crippen LogP contribution in [-0.4, -0.2) is 38.1 Å². The molecule has 1 aliphatic rings. The fourth-order valence-electron chi connectivity index (χ4n) is 3.11. The summed E-state index contributed by atoms with van der Waals surface area (Å²) in [6.07, 6.45) is 1.04. The largest absolute Gasteiger partial charge is 0.444 e. The quantitative estimate of drug-likeness (QED) is 0.847. The molecule has 7 heteroatoms. The van der Waals surface area contributed by atoms with Gasteiger partial charge in [-0.2, -0.15) is 0 Å². The van der Waals surface area contributed by atoms with Crippen molar-refractivity contribution in [1.29, 1.82) is 0 Å². The Hall–Kier alpha value is -2.54. The molecule has 1 amide bonds. The van der Waals surface area contributed by atoms with Gasteiger partial charge in [0.25, 0.3) is 10.0 Å². The third-order valence-electron chi connectivity index (χ3n) is 4.47. The molecule has 3 rings (SSSR count). The fraction of sp³-hybridized carbons (Fsp3) is 0.381. The molecule has 150 valence electrons. The van der Waals surface area contributed by atoms with Gasteiger partial charge in [0, 0.05) is 18.8 Å². The molecular formula is C21H26N2O4S. The lowest BCUT2D eigenvalue weighted by Crippen LogP contribution is -2.38. The second-order valence-corrected chi connectivity index (χ2v) is 9.55. The SMILES string of the molecule is CC(C)(C)OC(=O)N1CCc2ccc(NS(=O)(=O)c3ccccc3)cc2CC1. The van der Waals surface area contributed by atoms with Gasteiger partial charge in [0.15, 0.2) is 0 Å². The van der Waals surface area contributed by atoms with Crippen LogP contribution < -0.4 is 4.72 Å². The molecule has 1 aliphatic heterocycles. The lowest BCUT2D eigenvalue weighted by molar-refractivity contribution is 0.0258. The van der Waals surface area contributed by atoms with Crippen molar-refractivity contribution in [2.45, 2.75) is 44.1 Å². The van der Waals surface area contributed by atoms with E-state index >= 15 is 0 Å². The third-order valence-corrected chi connectivity index (χ3v) is 5.86. The fourth-order valence-corrected chi connectivity index (χ4v) is 4.18. The summed E-state index contributed by atoms with van der Waals surface area (Å²) in [4.78, 5) is 14.3. The molecule has 0 saturated heterocycles. The Morgan fingerprint density at radius 2 is 1.64 bits per heavy atom. The van der Waals surface area contributed by atoms with Crippen LogP contribution in [0, 0.1) is 0 Å². The number of carbonyl (C=O) groups is 1. The van der Waals surface area contributed by atoms with Crippen LogP contribution in [0.25, 0.3) is 0 Å². The summed E-state index contributed by atoms with van der Waals surface area (Å²) >= 11 is 0. The van der Waals surface area contributed by atoms with Crippen molar-refractivity contribution in [3.8, 4) is 0 Å². The summed E-state index contributed by atoms with van der Waals surface area (Å²) in [7, 11) is -3.63. The summed E-state index contributed by atoms with van der Waals surface area (Å²) in [5.74, 6) is 0. The number of fused-ring (bicyclic) bond motifs is 1. The maximum atomic E-state index is 12.5. The number of hydrogen-bond donors (Lipinski definition) is 1. The summed E-state index contributed by atoms with van der Waals surface area (Å²) < 4.78 is 33.2. The molecule has 0 aliphatic carbocycles. The van der Waals surface area contributed by atoms with E-state index in [1.807, 2.05) is 32.9 Å². The molecule has 0 fully saturated rings. The number of benzene rings is 2. The topological polar surface area (TPSA) is 75.7 Å². The Morgan fingerprint density at radius 1 is 1.00 bits per heavy atom. The highest BCUT2D eigenvalue weighted by molar-refractivity contribution is 7.92. The number of nitrogens with one attached hydrogen (secondary N) is 1. The minimum atomic E-state index is -3.63. The van der Waals surface area contributed by atoms with Crippen molar-refractivity contribution in [2.75, 3.05) is 17.8 Å². The second-order valence-electron chi connectivity index (χ2n) is 7.87. The Labute approximate surface area is 166 Å². The molecule has 1 heterocycles. The number of rotatable bonds is 3. The van der Waals surface area contributed by atoms with Crippen LogP contribution >= 0.6 is 0 Å². The van der Waals surface area contributed by atoms with Crippen molar-refractivity contribution in [3.05, 3.63) is 59.7 Å². The molecular weight excluding hydrogens is 376 g/mol. The Balaban J connectivity index is 1.73. The predicted molar refractivity (Wildman–Crippen MR) is 109 cm³/mol. The van der Waals surface area contributed by atoms with Crippen molar-refractivity contribution in [1.82, 2.24) is 4.90 Å². The molecule has 0 saturated carbocycles. The van der Waals surface area contributed by atoms with Crippen LogP contribution in [-0.2, 0) is 27.6 Å². The summed E-state index contributed by atoms with van der Waals surface area (Å²) in [6.45, 7) is 6.67. The molecule has 0 radical (unpaired) electrons. The highest BCUT2D eigenvalue weighted by Gasteiger charge is 2.24. The minimum Gasteiger partial charge on any atom is -0.444 e. The minimum absolute atomic E-state index is 0.223. The first-order chi connectivity index (χ1) is 13.1. The number of carbonyl (C=O) groups excluding carboxylic acids is 1. The molecule has 1 N–H and O–H groups in total. The Bertz CT molecular complexity index is 950. The summed E-state index contributed by atoms with van der Waals surface area (Å²) in [5.41, 5.74) is 2.15. The van der Waals surface area contributed by atoms with Gasteiger partial charge in [-0.1, -0.05) is 24.3 Å². The molecule has 0 unspecified atom stereocenters. The first kappa shape index (κ1) is 20.2. The first-order valence-corrected chi connectivity index (χ1v) is 10.8. The standard InChI is InChI=1S/C21H26N2O4S/c1-21(2,3)27-20(24)23-13-11-16-9-10-18(15-17(16)12-14-23)22-28(25,26)19-7-5-4-6-8-19/h4-10,15,22H,11-14H2,1-3H3. The first-order valence-electron chi connectivity index (χ1n) is 9.32. The van der Waals surface area contributed by atoms with Gasteiger partial charge in [-0.3, -0.25) is 4.72 Å².